The molecule has 9 nitrogen and oxygen atoms in total. The summed E-state index contributed by atoms with van der Waals surface area (Å²) in [5.74, 6) is 0.187. The summed E-state index contributed by atoms with van der Waals surface area (Å²) in [6, 6.07) is 10.8. The Hall–Kier alpha value is -3.98. The summed E-state index contributed by atoms with van der Waals surface area (Å²) in [5.41, 5.74) is 3.92. The average molecular weight is 474 g/mol. The molecule has 5 rings (SSSR count). The molecule has 0 unspecified atom stereocenters. The summed E-state index contributed by atoms with van der Waals surface area (Å²) in [6.07, 6.45) is 3.91. The number of hydrogen-bond acceptors (Lipinski definition) is 6. The molecule has 2 aromatic heterocycles. The molecule has 1 aliphatic heterocycles. The van der Waals surface area contributed by atoms with Crippen LogP contribution >= 0.6 is 0 Å². The number of aryl methyl sites for hydroxylation is 1. The number of imidazole rings is 1. The normalized spacial score (nSPS) is 16.4. The molecule has 0 spiro atoms. The smallest absolute Gasteiger partial charge is 0.257 e. The van der Waals surface area contributed by atoms with E-state index in [4.69, 9.17) is 9.40 Å². The number of hydrogen-bond donors (Lipinski definition) is 2. The minimum Gasteiger partial charge on any atom is -0.438 e. The van der Waals surface area contributed by atoms with Crippen molar-refractivity contribution in [2.75, 3.05) is 18.4 Å². The van der Waals surface area contributed by atoms with Gasteiger partial charge in [-0.15, -0.1) is 0 Å². The first-order valence-electron chi connectivity index (χ1n) is 11.7. The van der Waals surface area contributed by atoms with Crippen LogP contribution in [0.25, 0.3) is 22.1 Å². The molecule has 3 heterocycles. The van der Waals surface area contributed by atoms with Crippen molar-refractivity contribution < 1.29 is 19.1 Å². The van der Waals surface area contributed by atoms with Crippen molar-refractivity contribution in [2.24, 2.45) is 0 Å². The molecule has 1 aliphatic rings. The maximum Gasteiger partial charge on any atom is 0.257 e. The van der Waals surface area contributed by atoms with Crippen molar-refractivity contribution in [3.63, 3.8) is 0 Å². The van der Waals surface area contributed by atoms with Crippen LogP contribution in [0, 0.1) is 6.92 Å². The van der Waals surface area contributed by atoms with Gasteiger partial charge in [-0.3, -0.25) is 14.9 Å². The van der Waals surface area contributed by atoms with Crippen molar-refractivity contribution in [3.05, 3.63) is 66.1 Å². The Kier molecular flexibility index (Phi) is 6.08. The maximum absolute atomic E-state index is 13.2. The van der Waals surface area contributed by atoms with Crippen molar-refractivity contribution in [3.8, 4) is 0 Å². The van der Waals surface area contributed by atoms with Gasteiger partial charge in [0.25, 0.3) is 5.91 Å². The number of anilines is 1. The van der Waals surface area contributed by atoms with Gasteiger partial charge in [-0.05, 0) is 56.5 Å². The van der Waals surface area contributed by atoms with E-state index in [2.05, 4.69) is 16.9 Å². The predicted octanol–water partition coefficient (Wildman–Crippen LogP) is 3.97. The van der Waals surface area contributed by atoms with Crippen molar-refractivity contribution in [1.29, 1.82) is 0 Å². The SMILES string of the molecule is C=CC(=O)N1CCCC[C@@H](n2c(NC(=O)c3cccc(C)c3)nc3ccc4oc(CO)nc4c32)C1. The third-order valence-electron chi connectivity index (χ3n) is 6.39. The highest BCUT2D eigenvalue weighted by atomic mass is 16.4. The number of nitrogens with one attached hydrogen (secondary N) is 1. The van der Waals surface area contributed by atoms with Gasteiger partial charge in [0.2, 0.25) is 17.7 Å². The molecule has 0 saturated carbocycles. The summed E-state index contributed by atoms with van der Waals surface area (Å²) in [6.45, 7) is 6.34. The van der Waals surface area contributed by atoms with Gasteiger partial charge in [0.1, 0.15) is 17.6 Å². The summed E-state index contributed by atoms with van der Waals surface area (Å²) >= 11 is 0. The molecule has 0 bridgehead atoms. The number of benzene rings is 2. The van der Waals surface area contributed by atoms with Gasteiger partial charge >= 0.3 is 0 Å². The first kappa shape index (κ1) is 22.8. The minimum atomic E-state index is -0.327. The van der Waals surface area contributed by atoms with E-state index in [9.17, 15) is 14.7 Å². The van der Waals surface area contributed by atoms with Gasteiger partial charge in [-0.1, -0.05) is 24.3 Å². The quantitative estimate of drug-likeness (QED) is 0.424. The van der Waals surface area contributed by atoms with Gasteiger partial charge in [-0.25, -0.2) is 9.97 Å². The fourth-order valence-electron chi connectivity index (χ4n) is 4.75. The lowest BCUT2D eigenvalue weighted by Crippen LogP contribution is -2.34. The van der Waals surface area contributed by atoms with Gasteiger partial charge in [-0.2, -0.15) is 0 Å². The zero-order valence-corrected chi connectivity index (χ0v) is 19.5. The number of aromatic nitrogens is 3. The van der Waals surface area contributed by atoms with Gasteiger partial charge < -0.3 is 19.0 Å². The number of amides is 2. The molecule has 4 aromatic rings. The van der Waals surface area contributed by atoms with E-state index in [1.54, 1.807) is 17.0 Å². The molecule has 180 valence electrons. The number of rotatable bonds is 5. The maximum atomic E-state index is 13.2. The largest absolute Gasteiger partial charge is 0.438 e. The Labute approximate surface area is 202 Å². The number of nitrogens with zero attached hydrogens (tertiary/aromatic N) is 4. The van der Waals surface area contributed by atoms with Gasteiger partial charge in [0.15, 0.2) is 5.58 Å². The zero-order chi connectivity index (χ0) is 24.5. The molecule has 2 aromatic carbocycles. The standard InChI is InChI=1S/C26H27N5O4/c1-3-22(33)30-12-5-4-9-18(14-30)31-24-19(10-11-20-23(24)28-21(15-32)35-20)27-26(31)29-25(34)17-8-6-7-16(2)13-17/h3,6-8,10-11,13,18,32H,1,4-5,9,12,14-15H2,2H3,(H,27,29,34)/t18-/m1/s1. The molecular weight excluding hydrogens is 446 g/mol. The van der Waals surface area contributed by atoms with E-state index in [1.165, 1.54) is 6.08 Å². The molecule has 0 radical (unpaired) electrons. The molecule has 35 heavy (non-hydrogen) atoms. The lowest BCUT2D eigenvalue weighted by molar-refractivity contribution is -0.126. The Morgan fingerprint density at radius 3 is 2.89 bits per heavy atom. The topological polar surface area (TPSA) is 113 Å². The van der Waals surface area contributed by atoms with Crippen LogP contribution in [0.15, 0.2) is 53.5 Å². The van der Waals surface area contributed by atoms with E-state index in [0.29, 0.717) is 46.7 Å². The van der Waals surface area contributed by atoms with Gasteiger partial charge in [0, 0.05) is 18.7 Å². The number of likely N-dealkylation sites (tertiary alicyclic amines) is 1. The minimum absolute atomic E-state index is 0.124. The third kappa shape index (κ3) is 4.30. The molecule has 2 N–H and O–H groups in total. The van der Waals surface area contributed by atoms with Crippen LogP contribution in [-0.2, 0) is 11.4 Å². The van der Waals surface area contributed by atoms with Crippen molar-refractivity contribution in [1.82, 2.24) is 19.4 Å². The molecule has 9 heteroatoms. The van der Waals surface area contributed by atoms with Gasteiger partial charge in [0.05, 0.1) is 11.6 Å². The second-order valence-electron chi connectivity index (χ2n) is 8.81. The Balaban J connectivity index is 1.66. The average Bonchev–Trinajstić information content (AvgIpc) is 3.35. The van der Waals surface area contributed by atoms with Crippen LogP contribution in [0.3, 0.4) is 0 Å². The van der Waals surface area contributed by atoms with E-state index in [0.717, 1.165) is 24.8 Å². The van der Waals surface area contributed by atoms with Crippen LogP contribution in [0.2, 0.25) is 0 Å². The van der Waals surface area contributed by atoms with E-state index in [1.807, 2.05) is 35.8 Å². The molecular formula is C26H27N5O4. The molecule has 0 aliphatic carbocycles. The second-order valence-corrected chi connectivity index (χ2v) is 8.81. The highest BCUT2D eigenvalue weighted by molar-refractivity contribution is 6.06. The summed E-state index contributed by atoms with van der Waals surface area (Å²) in [4.78, 5) is 36.7. The van der Waals surface area contributed by atoms with Crippen LogP contribution < -0.4 is 5.32 Å². The van der Waals surface area contributed by atoms with Crippen molar-refractivity contribution in [2.45, 2.75) is 38.8 Å². The molecule has 1 saturated heterocycles. The number of oxazole rings is 1. The number of fused-ring (bicyclic) bond motifs is 3. The van der Waals surface area contributed by atoms with Crippen LogP contribution in [-0.4, -0.2) is 49.4 Å². The molecule has 1 atom stereocenters. The molecule has 2 amide bonds. The van der Waals surface area contributed by atoms with Crippen LogP contribution in [0.1, 0.15) is 47.1 Å². The predicted molar refractivity (Wildman–Crippen MR) is 132 cm³/mol. The van der Waals surface area contributed by atoms with E-state index >= 15 is 0 Å². The number of aliphatic hydroxyl groups excluding tert-OH is 1. The first-order valence-corrected chi connectivity index (χ1v) is 11.7. The second kappa shape index (κ2) is 9.34. The van der Waals surface area contributed by atoms with Crippen LogP contribution in [0.5, 0.6) is 0 Å². The first-order chi connectivity index (χ1) is 17.0. The van der Waals surface area contributed by atoms with Crippen LogP contribution in [0.4, 0.5) is 5.95 Å². The lowest BCUT2D eigenvalue weighted by atomic mass is 10.1. The fraction of sp³-hybridized carbons (Fsp3) is 0.308. The Bertz CT molecular complexity index is 1440. The third-order valence-corrected chi connectivity index (χ3v) is 6.39. The monoisotopic (exact) mass is 473 g/mol. The highest BCUT2D eigenvalue weighted by Crippen LogP contribution is 2.34. The Morgan fingerprint density at radius 1 is 1.26 bits per heavy atom. The number of aliphatic hydroxyl groups is 1. The van der Waals surface area contributed by atoms with E-state index < -0.39 is 0 Å². The summed E-state index contributed by atoms with van der Waals surface area (Å²) in [5, 5.41) is 12.6. The Morgan fingerprint density at radius 2 is 2.11 bits per heavy atom. The fourth-order valence-corrected chi connectivity index (χ4v) is 4.75. The lowest BCUT2D eigenvalue weighted by Gasteiger charge is -2.26. The highest BCUT2D eigenvalue weighted by Gasteiger charge is 2.28. The molecule has 1 fully saturated rings. The van der Waals surface area contributed by atoms with Crippen molar-refractivity contribution >= 4 is 39.9 Å². The van der Waals surface area contributed by atoms with E-state index in [-0.39, 0.29) is 30.4 Å². The number of carbonyl (C=O) groups is 2. The number of carbonyl (C=O) groups excluding carboxylic acids is 2. The summed E-state index contributed by atoms with van der Waals surface area (Å²) < 4.78 is 7.64. The zero-order valence-electron chi connectivity index (χ0n) is 19.5. The summed E-state index contributed by atoms with van der Waals surface area (Å²) in [7, 11) is 0.